The van der Waals surface area contributed by atoms with Gasteiger partial charge < -0.3 is 0 Å². The Bertz CT molecular complexity index is 1150. The summed E-state index contributed by atoms with van der Waals surface area (Å²) in [4.78, 5) is 0. The maximum absolute atomic E-state index is 13.3. The van der Waals surface area contributed by atoms with Gasteiger partial charge in [0.1, 0.15) is 0 Å². The third-order valence-electron chi connectivity index (χ3n) is 4.88. The zero-order valence-electron chi connectivity index (χ0n) is 17.0. The Kier molecular flexibility index (Phi) is 5.98. The summed E-state index contributed by atoms with van der Waals surface area (Å²) in [6.07, 6.45) is 2.19. The summed E-state index contributed by atoms with van der Waals surface area (Å²) in [5.74, 6) is 1.69. The van der Waals surface area contributed by atoms with Crippen molar-refractivity contribution in [3.63, 3.8) is 0 Å². The van der Waals surface area contributed by atoms with E-state index in [1.165, 1.54) is 22.0 Å². The van der Waals surface area contributed by atoms with Crippen LogP contribution < -0.4 is 23.1 Å². The van der Waals surface area contributed by atoms with E-state index in [-0.39, 0.29) is 20.8 Å². The maximum atomic E-state index is 13.3. The standard InChI is InChI=1S/C24H22FNO3Se/c1-27-21-12-18(13-22(28-2)24(21)29-3)30-23-15-26(20-7-5-4-6-19(20)23)14-16-8-10-17(25)11-9-16/h4-13,15H,14H2,1-3H3. The van der Waals surface area contributed by atoms with Crippen molar-refractivity contribution < 1.29 is 18.6 Å². The first-order valence-corrected chi connectivity index (χ1v) is 11.1. The summed E-state index contributed by atoms with van der Waals surface area (Å²) in [6, 6.07) is 19.0. The second kappa shape index (κ2) is 8.82. The van der Waals surface area contributed by atoms with Crippen molar-refractivity contribution in [3.05, 3.63) is 78.2 Å². The summed E-state index contributed by atoms with van der Waals surface area (Å²) < 4.78 is 34.3. The van der Waals surface area contributed by atoms with Gasteiger partial charge in [-0.2, -0.15) is 0 Å². The molecular weight excluding hydrogens is 448 g/mol. The Balaban J connectivity index is 1.72. The molecule has 0 fully saturated rings. The number of hydrogen-bond acceptors (Lipinski definition) is 3. The Morgan fingerprint density at radius 1 is 0.867 bits per heavy atom. The molecule has 0 unspecified atom stereocenters. The predicted octanol–water partition coefficient (Wildman–Crippen LogP) is 3.51. The average molecular weight is 470 g/mol. The van der Waals surface area contributed by atoms with Gasteiger partial charge in [-0.05, 0) is 0 Å². The van der Waals surface area contributed by atoms with E-state index in [0.29, 0.717) is 23.8 Å². The zero-order valence-corrected chi connectivity index (χ0v) is 18.7. The number of para-hydroxylation sites is 1. The van der Waals surface area contributed by atoms with Crippen LogP contribution in [0.1, 0.15) is 5.56 Å². The van der Waals surface area contributed by atoms with Crippen LogP contribution in [0, 0.1) is 5.82 Å². The van der Waals surface area contributed by atoms with Crippen LogP contribution in [0.15, 0.2) is 66.9 Å². The van der Waals surface area contributed by atoms with Crippen LogP contribution in [-0.4, -0.2) is 40.9 Å². The number of nitrogens with zero attached hydrogens (tertiary/aromatic N) is 1. The molecule has 4 aromatic rings. The number of hydrogen-bond donors (Lipinski definition) is 0. The fraction of sp³-hybridized carbons (Fsp3) is 0.167. The summed E-state index contributed by atoms with van der Waals surface area (Å²) in [5, 5.41) is 1.22. The molecule has 0 atom stereocenters. The second-order valence-corrected chi connectivity index (χ2v) is 9.07. The second-order valence-electron chi connectivity index (χ2n) is 6.73. The van der Waals surface area contributed by atoms with Crippen LogP contribution >= 0.6 is 0 Å². The molecule has 3 aromatic carbocycles. The van der Waals surface area contributed by atoms with Gasteiger partial charge in [-0.3, -0.25) is 0 Å². The van der Waals surface area contributed by atoms with Crippen molar-refractivity contribution in [3.8, 4) is 17.2 Å². The zero-order chi connectivity index (χ0) is 21.1. The third-order valence-corrected chi connectivity index (χ3v) is 7.02. The molecule has 0 spiro atoms. The number of rotatable bonds is 7. The molecule has 0 aliphatic rings. The normalized spacial score (nSPS) is 10.9. The fourth-order valence-corrected chi connectivity index (χ4v) is 5.65. The summed E-state index contributed by atoms with van der Waals surface area (Å²) in [7, 11) is 4.86. The molecule has 6 heteroatoms. The molecule has 154 valence electrons. The van der Waals surface area contributed by atoms with Gasteiger partial charge >= 0.3 is 181 Å². The van der Waals surface area contributed by atoms with Crippen molar-refractivity contribution >= 4 is 34.8 Å². The van der Waals surface area contributed by atoms with E-state index in [9.17, 15) is 4.39 Å². The van der Waals surface area contributed by atoms with Gasteiger partial charge in [0.15, 0.2) is 0 Å². The molecule has 4 rings (SSSR count). The van der Waals surface area contributed by atoms with E-state index >= 15 is 0 Å². The molecule has 0 N–H and O–H groups in total. The van der Waals surface area contributed by atoms with Crippen LogP contribution in [0.3, 0.4) is 0 Å². The number of ether oxygens (including phenoxy) is 3. The number of benzene rings is 3. The number of fused-ring (bicyclic) bond motifs is 1. The molecule has 0 amide bonds. The molecule has 1 heterocycles. The Morgan fingerprint density at radius 2 is 1.53 bits per heavy atom. The van der Waals surface area contributed by atoms with Gasteiger partial charge in [0.2, 0.25) is 0 Å². The quantitative estimate of drug-likeness (QED) is 0.388. The van der Waals surface area contributed by atoms with Crippen LogP contribution in [0.4, 0.5) is 4.39 Å². The van der Waals surface area contributed by atoms with Gasteiger partial charge in [0.05, 0.1) is 0 Å². The Morgan fingerprint density at radius 3 is 2.17 bits per heavy atom. The first-order chi connectivity index (χ1) is 14.6. The third kappa shape index (κ3) is 4.02. The van der Waals surface area contributed by atoms with Crippen molar-refractivity contribution in [1.82, 2.24) is 4.57 Å². The average Bonchev–Trinajstić information content (AvgIpc) is 3.11. The molecule has 0 aliphatic heterocycles. The number of methoxy groups -OCH3 is 3. The fourth-order valence-electron chi connectivity index (χ4n) is 3.45. The molecule has 0 saturated heterocycles. The first kappa shape index (κ1) is 20.3. The minimum atomic E-state index is -0.220. The van der Waals surface area contributed by atoms with Crippen molar-refractivity contribution in [2.75, 3.05) is 21.3 Å². The first-order valence-electron chi connectivity index (χ1n) is 9.43. The van der Waals surface area contributed by atoms with Gasteiger partial charge in [-0.1, -0.05) is 0 Å². The van der Waals surface area contributed by atoms with Gasteiger partial charge in [-0.25, -0.2) is 0 Å². The summed E-state index contributed by atoms with van der Waals surface area (Å²) in [6.45, 7) is 0.687. The molecule has 1 aromatic heterocycles. The van der Waals surface area contributed by atoms with E-state index in [4.69, 9.17) is 14.2 Å². The number of aromatic nitrogens is 1. The topological polar surface area (TPSA) is 32.6 Å². The van der Waals surface area contributed by atoms with Gasteiger partial charge in [0.25, 0.3) is 0 Å². The van der Waals surface area contributed by atoms with Crippen LogP contribution in [-0.2, 0) is 6.54 Å². The summed E-state index contributed by atoms with van der Waals surface area (Å²) >= 11 is 0.0283. The minimum absolute atomic E-state index is 0.0283. The molecule has 0 saturated carbocycles. The number of halogens is 1. The molecular formula is C24H22FNO3Se. The Hall–Kier alpha value is -2.95. The van der Waals surface area contributed by atoms with Crippen molar-refractivity contribution in [2.24, 2.45) is 0 Å². The van der Waals surface area contributed by atoms with Crippen LogP contribution in [0.5, 0.6) is 17.2 Å². The molecule has 30 heavy (non-hydrogen) atoms. The van der Waals surface area contributed by atoms with E-state index < -0.39 is 0 Å². The SMILES string of the molecule is COc1cc([Se]c2cn(Cc3ccc(F)cc3)c3ccccc23)cc(OC)c1OC. The Labute approximate surface area is 181 Å². The predicted molar refractivity (Wildman–Crippen MR) is 119 cm³/mol. The summed E-state index contributed by atoms with van der Waals surface area (Å²) in [5.41, 5.74) is 2.22. The van der Waals surface area contributed by atoms with Crippen molar-refractivity contribution in [1.29, 1.82) is 0 Å². The van der Waals surface area contributed by atoms with Crippen molar-refractivity contribution in [2.45, 2.75) is 6.54 Å². The van der Waals surface area contributed by atoms with Gasteiger partial charge in [0, 0.05) is 0 Å². The van der Waals surface area contributed by atoms with E-state index in [0.717, 1.165) is 15.5 Å². The molecule has 0 aliphatic carbocycles. The van der Waals surface area contributed by atoms with Gasteiger partial charge in [-0.15, -0.1) is 0 Å². The van der Waals surface area contributed by atoms with E-state index in [2.05, 4.69) is 29.0 Å². The van der Waals surface area contributed by atoms with Crippen LogP contribution in [0.25, 0.3) is 10.9 Å². The van der Waals surface area contributed by atoms with E-state index in [1.54, 1.807) is 21.3 Å². The molecule has 0 radical (unpaired) electrons. The van der Waals surface area contributed by atoms with E-state index in [1.807, 2.05) is 30.3 Å². The molecule has 0 bridgehead atoms. The van der Waals surface area contributed by atoms with Crippen LogP contribution in [0.2, 0.25) is 0 Å². The molecule has 4 nitrogen and oxygen atoms in total. The monoisotopic (exact) mass is 471 g/mol.